The Bertz CT molecular complexity index is 419. The zero-order valence-corrected chi connectivity index (χ0v) is 13.3. The van der Waals surface area contributed by atoms with Crippen LogP contribution in [0.4, 0.5) is 5.69 Å². The van der Waals surface area contributed by atoms with Crippen molar-refractivity contribution in [2.24, 2.45) is 5.41 Å². The van der Waals surface area contributed by atoms with E-state index in [0.717, 1.165) is 35.2 Å². The van der Waals surface area contributed by atoms with E-state index in [0.29, 0.717) is 0 Å². The van der Waals surface area contributed by atoms with E-state index < -0.39 is 0 Å². The minimum absolute atomic E-state index is 0. The van der Waals surface area contributed by atoms with Crippen molar-refractivity contribution < 1.29 is 4.79 Å². The molecule has 1 saturated heterocycles. The number of carbonyl (C=O) groups excluding carboxylic acids is 1. The Morgan fingerprint density at radius 1 is 1.39 bits per heavy atom. The molecule has 2 rings (SSSR count). The third-order valence-electron chi connectivity index (χ3n) is 3.34. The van der Waals surface area contributed by atoms with Crippen LogP contribution in [0.3, 0.4) is 0 Å². The summed E-state index contributed by atoms with van der Waals surface area (Å²) in [6, 6.07) is 7.90. The standard InChI is InChI=1S/C13H17IN2O.ClH/c1-13(5-7-15-8-6-13)12(17)16-11-4-2-3-10(14)9-11;/h2-4,9,15H,5-8H2,1H3,(H,16,17);1H. The van der Waals surface area contributed by atoms with Crippen LogP contribution in [0, 0.1) is 8.99 Å². The molecule has 1 aliphatic rings. The van der Waals surface area contributed by atoms with Crippen LogP contribution in [-0.2, 0) is 4.79 Å². The highest BCUT2D eigenvalue weighted by atomic mass is 127. The second-order valence-electron chi connectivity index (χ2n) is 4.78. The largest absolute Gasteiger partial charge is 0.326 e. The first-order valence-corrected chi connectivity index (χ1v) is 6.96. The third kappa shape index (κ3) is 3.83. The molecule has 1 aromatic rings. The number of anilines is 1. The number of nitrogens with one attached hydrogen (secondary N) is 2. The Kier molecular flexibility index (Phi) is 5.88. The molecule has 1 fully saturated rings. The molecular formula is C13H18ClIN2O. The van der Waals surface area contributed by atoms with Crippen LogP contribution in [0.5, 0.6) is 0 Å². The Hall–Kier alpha value is -0.330. The van der Waals surface area contributed by atoms with Crippen LogP contribution in [-0.4, -0.2) is 19.0 Å². The number of amides is 1. The second-order valence-corrected chi connectivity index (χ2v) is 6.02. The highest BCUT2D eigenvalue weighted by Gasteiger charge is 2.34. The molecular weight excluding hydrogens is 363 g/mol. The Labute approximate surface area is 128 Å². The van der Waals surface area contributed by atoms with Crippen LogP contribution < -0.4 is 10.6 Å². The summed E-state index contributed by atoms with van der Waals surface area (Å²) in [6.45, 7) is 3.91. The van der Waals surface area contributed by atoms with Gasteiger partial charge in [-0.3, -0.25) is 4.79 Å². The zero-order valence-electron chi connectivity index (χ0n) is 10.3. The first-order valence-electron chi connectivity index (χ1n) is 5.88. The molecule has 0 bridgehead atoms. The Morgan fingerprint density at radius 3 is 2.67 bits per heavy atom. The van der Waals surface area contributed by atoms with Gasteiger partial charge in [-0.1, -0.05) is 13.0 Å². The lowest BCUT2D eigenvalue weighted by molar-refractivity contribution is -0.126. The summed E-state index contributed by atoms with van der Waals surface area (Å²) in [5, 5.41) is 6.31. The van der Waals surface area contributed by atoms with Gasteiger partial charge in [0.25, 0.3) is 0 Å². The van der Waals surface area contributed by atoms with Gasteiger partial charge < -0.3 is 10.6 Å². The van der Waals surface area contributed by atoms with Crippen molar-refractivity contribution in [3.05, 3.63) is 27.8 Å². The first-order chi connectivity index (χ1) is 8.10. The minimum Gasteiger partial charge on any atom is -0.326 e. The fourth-order valence-corrected chi connectivity index (χ4v) is 2.60. The number of rotatable bonds is 2. The molecule has 0 radical (unpaired) electrons. The molecule has 18 heavy (non-hydrogen) atoms. The van der Waals surface area contributed by atoms with Crippen molar-refractivity contribution in [2.45, 2.75) is 19.8 Å². The maximum absolute atomic E-state index is 12.3. The molecule has 1 amide bonds. The van der Waals surface area contributed by atoms with E-state index in [1.807, 2.05) is 24.3 Å². The molecule has 0 aliphatic carbocycles. The maximum Gasteiger partial charge on any atom is 0.230 e. The van der Waals surface area contributed by atoms with Crippen LogP contribution in [0.25, 0.3) is 0 Å². The molecule has 0 aromatic heterocycles. The van der Waals surface area contributed by atoms with Gasteiger partial charge >= 0.3 is 0 Å². The normalized spacial score (nSPS) is 17.7. The number of hydrogen-bond donors (Lipinski definition) is 2. The highest BCUT2D eigenvalue weighted by molar-refractivity contribution is 14.1. The number of carbonyl (C=O) groups is 1. The SMILES string of the molecule is CC1(C(=O)Nc2cccc(I)c2)CCNCC1.Cl. The Morgan fingerprint density at radius 2 is 2.06 bits per heavy atom. The van der Waals surface area contributed by atoms with Gasteiger partial charge in [0.2, 0.25) is 5.91 Å². The van der Waals surface area contributed by atoms with Gasteiger partial charge in [0.05, 0.1) is 0 Å². The molecule has 0 unspecified atom stereocenters. The van der Waals surface area contributed by atoms with Gasteiger partial charge in [-0.15, -0.1) is 12.4 Å². The molecule has 1 aromatic carbocycles. The Balaban J connectivity index is 0.00000162. The first kappa shape index (κ1) is 15.7. The molecule has 2 N–H and O–H groups in total. The van der Waals surface area contributed by atoms with E-state index in [1.165, 1.54) is 0 Å². The van der Waals surface area contributed by atoms with Crippen LogP contribution >= 0.6 is 35.0 Å². The summed E-state index contributed by atoms with van der Waals surface area (Å²) in [6.07, 6.45) is 1.81. The van der Waals surface area contributed by atoms with E-state index in [9.17, 15) is 4.79 Å². The third-order valence-corrected chi connectivity index (χ3v) is 4.01. The zero-order chi connectivity index (χ0) is 12.3. The fraction of sp³-hybridized carbons (Fsp3) is 0.462. The van der Waals surface area contributed by atoms with E-state index in [2.05, 4.69) is 40.1 Å². The van der Waals surface area contributed by atoms with Crippen molar-refractivity contribution in [2.75, 3.05) is 18.4 Å². The quantitative estimate of drug-likeness (QED) is 0.774. The van der Waals surface area contributed by atoms with Gasteiger partial charge in [0, 0.05) is 14.7 Å². The number of hydrogen-bond acceptors (Lipinski definition) is 2. The van der Waals surface area contributed by atoms with Crippen molar-refractivity contribution >= 4 is 46.6 Å². The smallest absolute Gasteiger partial charge is 0.230 e. The van der Waals surface area contributed by atoms with E-state index >= 15 is 0 Å². The summed E-state index contributed by atoms with van der Waals surface area (Å²) in [5.74, 6) is 0.140. The molecule has 1 aliphatic heterocycles. The lowest BCUT2D eigenvalue weighted by Gasteiger charge is -2.32. The average Bonchev–Trinajstić information content (AvgIpc) is 2.30. The average molecular weight is 381 g/mol. The summed E-state index contributed by atoms with van der Waals surface area (Å²) in [5.41, 5.74) is 0.661. The second kappa shape index (κ2) is 6.73. The molecule has 3 nitrogen and oxygen atoms in total. The van der Waals surface area contributed by atoms with Crippen LogP contribution in [0.1, 0.15) is 19.8 Å². The van der Waals surface area contributed by atoms with Crippen molar-refractivity contribution in [1.82, 2.24) is 5.32 Å². The summed E-state index contributed by atoms with van der Waals surface area (Å²) in [4.78, 5) is 12.3. The lowest BCUT2D eigenvalue weighted by atomic mass is 9.80. The van der Waals surface area contributed by atoms with Gasteiger partial charge in [0.15, 0.2) is 0 Å². The predicted molar refractivity (Wildman–Crippen MR) is 85.2 cm³/mol. The monoisotopic (exact) mass is 380 g/mol. The van der Waals surface area contributed by atoms with E-state index in [1.54, 1.807) is 0 Å². The highest BCUT2D eigenvalue weighted by Crippen LogP contribution is 2.29. The predicted octanol–water partition coefficient (Wildman–Crippen LogP) is 3.04. The molecule has 0 spiro atoms. The minimum atomic E-state index is -0.230. The van der Waals surface area contributed by atoms with Gasteiger partial charge in [0.1, 0.15) is 0 Å². The number of piperidine rings is 1. The van der Waals surface area contributed by atoms with Crippen LogP contribution in [0.15, 0.2) is 24.3 Å². The van der Waals surface area contributed by atoms with Gasteiger partial charge in [-0.2, -0.15) is 0 Å². The van der Waals surface area contributed by atoms with E-state index in [-0.39, 0.29) is 23.7 Å². The summed E-state index contributed by atoms with van der Waals surface area (Å²) >= 11 is 2.25. The summed E-state index contributed by atoms with van der Waals surface area (Å²) < 4.78 is 1.14. The fourth-order valence-electron chi connectivity index (χ4n) is 2.05. The van der Waals surface area contributed by atoms with Crippen molar-refractivity contribution in [3.63, 3.8) is 0 Å². The molecule has 0 saturated carbocycles. The van der Waals surface area contributed by atoms with Gasteiger partial charge in [-0.05, 0) is 66.7 Å². The number of benzene rings is 1. The topological polar surface area (TPSA) is 41.1 Å². The van der Waals surface area contributed by atoms with Crippen molar-refractivity contribution in [3.8, 4) is 0 Å². The van der Waals surface area contributed by atoms with Gasteiger partial charge in [-0.25, -0.2) is 0 Å². The molecule has 100 valence electrons. The molecule has 0 atom stereocenters. The van der Waals surface area contributed by atoms with E-state index in [4.69, 9.17) is 0 Å². The maximum atomic E-state index is 12.3. The molecule has 1 heterocycles. The van der Waals surface area contributed by atoms with Crippen LogP contribution in [0.2, 0.25) is 0 Å². The van der Waals surface area contributed by atoms with Crippen molar-refractivity contribution in [1.29, 1.82) is 0 Å². The summed E-state index contributed by atoms with van der Waals surface area (Å²) in [7, 11) is 0. The molecule has 5 heteroatoms. The lowest BCUT2D eigenvalue weighted by Crippen LogP contribution is -2.42. The number of halogens is 2.